The third kappa shape index (κ3) is 7.72. The van der Waals surface area contributed by atoms with Gasteiger partial charge in [-0.3, -0.25) is 0 Å². The Morgan fingerprint density at radius 3 is 1.31 bits per heavy atom. The number of hydrogen-bond donors (Lipinski definition) is 2. The number of carbonyl (C=O) groups excluding carboxylic acids is 2. The van der Waals surface area contributed by atoms with Crippen LogP contribution < -0.4 is 11.5 Å². The van der Waals surface area contributed by atoms with Crippen molar-refractivity contribution in [3.8, 4) is 0 Å². The van der Waals surface area contributed by atoms with Crippen molar-refractivity contribution in [1.29, 1.82) is 0 Å². The van der Waals surface area contributed by atoms with E-state index in [9.17, 15) is 9.59 Å². The highest BCUT2D eigenvalue weighted by Gasteiger charge is 2.14. The smallest absolute Gasteiger partial charge is 0.338 e. The van der Waals surface area contributed by atoms with Gasteiger partial charge in [0.1, 0.15) is 13.2 Å². The second kappa shape index (κ2) is 12.3. The largest absolute Gasteiger partial charge is 0.460 e. The minimum atomic E-state index is -0.504. The Morgan fingerprint density at radius 2 is 0.969 bits per heavy atom. The number of nitrogens with two attached hydrogens (primary N) is 2. The molecule has 166 valence electrons. The van der Waals surface area contributed by atoms with Crippen LogP contribution in [-0.2, 0) is 9.47 Å². The van der Waals surface area contributed by atoms with Gasteiger partial charge in [0.25, 0.3) is 0 Å². The molecule has 0 fully saturated rings. The molecule has 4 N–H and O–H groups in total. The van der Waals surface area contributed by atoms with Crippen LogP contribution in [0.15, 0.2) is 94.7 Å². The quantitative estimate of drug-likeness (QED) is 0.260. The minimum absolute atomic E-state index is 0.0686. The van der Waals surface area contributed by atoms with Gasteiger partial charge in [-0.1, -0.05) is 36.4 Å². The van der Waals surface area contributed by atoms with Crippen LogP contribution >= 0.6 is 23.5 Å². The molecule has 0 saturated carbocycles. The Balaban J connectivity index is 1.43. The van der Waals surface area contributed by atoms with Crippen LogP contribution in [-0.4, -0.2) is 35.9 Å². The molecular weight excluding hydrogens is 444 g/mol. The number of thioether (sulfide) groups is 2. The average Bonchev–Trinajstić information content (AvgIpc) is 2.82. The SMILES string of the molecule is NC(COC(=O)c1ccc(C(=O)OCC(N)Sc2ccccc2)cc1)Sc1ccccc1. The van der Waals surface area contributed by atoms with Crippen LogP contribution in [0.1, 0.15) is 20.7 Å². The van der Waals surface area contributed by atoms with E-state index in [1.54, 1.807) is 0 Å². The van der Waals surface area contributed by atoms with Crippen LogP contribution in [0, 0.1) is 0 Å². The van der Waals surface area contributed by atoms with E-state index in [-0.39, 0.29) is 24.0 Å². The van der Waals surface area contributed by atoms with E-state index < -0.39 is 11.9 Å². The van der Waals surface area contributed by atoms with Crippen LogP contribution in [0.5, 0.6) is 0 Å². The summed E-state index contributed by atoms with van der Waals surface area (Å²) in [5.74, 6) is -1.01. The monoisotopic (exact) mass is 468 g/mol. The van der Waals surface area contributed by atoms with Gasteiger partial charge in [-0.25, -0.2) is 9.59 Å². The number of esters is 2. The summed E-state index contributed by atoms with van der Waals surface area (Å²) in [5.41, 5.74) is 12.7. The predicted molar refractivity (Wildman–Crippen MR) is 128 cm³/mol. The molecule has 0 heterocycles. The minimum Gasteiger partial charge on any atom is -0.460 e. The number of benzene rings is 3. The topological polar surface area (TPSA) is 105 Å². The van der Waals surface area contributed by atoms with Crippen LogP contribution in [0.25, 0.3) is 0 Å². The molecule has 8 heteroatoms. The normalized spacial score (nSPS) is 12.6. The molecule has 0 aliphatic heterocycles. The molecule has 6 nitrogen and oxygen atoms in total. The van der Waals surface area contributed by atoms with Crippen molar-refractivity contribution in [3.63, 3.8) is 0 Å². The lowest BCUT2D eigenvalue weighted by Crippen LogP contribution is -2.24. The second-order valence-electron chi connectivity index (χ2n) is 6.71. The molecule has 32 heavy (non-hydrogen) atoms. The number of hydrogen-bond acceptors (Lipinski definition) is 8. The molecule has 3 rings (SSSR count). The number of ether oxygens (including phenoxy) is 2. The Kier molecular flexibility index (Phi) is 9.18. The maximum absolute atomic E-state index is 12.2. The zero-order chi connectivity index (χ0) is 22.8. The highest BCUT2D eigenvalue weighted by molar-refractivity contribution is 8.00. The van der Waals surface area contributed by atoms with E-state index >= 15 is 0 Å². The third-order valence-electron chi connectivity index (χ3n) is 4.18. The molecule has 2 unspecified atom stereocenters. The predicted octanol–water partition coefficient (Wildman–Crippen LogP) is 4.15. The standard InChI is InChI=1S/C24H24N2O4S2/c25-21(31-19-7-3-1-4-8-19)15-29-23(27)17-11-13-18(14-12-17)24(28)30-16-22(26)32-20-9-5-2-6-10-20/h1-14,21-22H,15-16,25-26H2. The Labute approximate surface area is 195 Å². The molecular formula is C24H24N2O4S2. The van der Waals surface area contributed by atoms with Crippen molar-refractivity contribution in [2.24, 2.45) is 11.5 Å². The lowest BCUT2D eigenvalue weighted by Gasteiger charge is -2.13. The van der Waals surface area contributed by atoms with E-state index in [0.717, 1.165) is 9.79 Å². The molecule has 0 radical (unpaired) electrons. The van der Waals surface area contributed by atoms with Gasteiger partial charge < -0.3 is 20.9 Å². The summed E-state index contributed by atoms with van der Waals surface area (Å²) in [6.45, 7) is 0.137. The highest BCUT2D eigenvalue weighted by atomic mass is 32.2. The lowest BCUT2D eigenvalue weighted by molar-refractivity contribution is 0.0493. The number of carbonyl (C=O) groups is 2. The summed E-state index contributed by atoms with van der Waals surface area (Å²) in [6, 6.07) is 25.4. The lowest BCUT2D eigenvalue weighted by atomic mass is 10.1. The second-order valence-corrected chi connectivity index (χ2v) is 9.34. The fraction of sp³-hybridized carbons (Fsp3) is 0.167. The van der Waals surface area contributed by atoms with Crippen molar-refractivity contribution >= 4 is 35.5 Å². The summed E-state index contributed by atoms with van der Waals surface area (Å²) in [6.07, 6.45) is 0. The molecule has 0 aromatic heterocycles. The zero-order valence-corrected chi connectivity index (χ0v) is 18.9. The fourth-order valence-corrected chi connectivity index (χ4v) is 4.24. The van der Waals surface area contributed by atoms with Gasteiger partial charge in [0.05, 0.1) is 21.9 Å². The molecule has 0 aliphatic rings. The molecule has 2 atom stereocenters. The molecule has 0 amide bonds. The third-order valence-corrected chi connectivity index (χ3v) is 6.14. The highest BCUT2D eigenvalue weighted by Crippen LogP contribution is 2.21. The summed E-state index contributed by atoms with van der Waals surface area (Å²) in [4.78, 5) is 26.5. The summed E-state index contributed by atoms with van der Waals surface area (Å²) in [5, 5.41) is -0.762. The summed E-state index contributed by atoms with van der Waals surface area (Å²) < 4.78 is 10.6. The fourth-order valence-electron chi connectivity index (χ4n) is 2.64. The van der Waals surface area contributed by atoms with Gasteiger partial charge in [-0.15, -0.1) is 23.5 Å². The van der Waals surface area contributed by atoms with Gasteiger partial charge in [0, 0.05) is 9.79 Å². The van der Waals surface area contributed by atoms with E-state index in [0.29, 0.717) is 11.1 Å². The van der Waals surface area contributed by atoms with Gasteiger partial charge in [0.15, 0.2) is 0 Å². The van der Waals surface area contributed by atoms with E-state index in [1.807, 2.05) is 60.7 Å². The molecule has 3 aromatic rings. The van der Waals surface area contributed by atoms with Crippen LogP contribution in [0.4, 0.5) is 0 Å². The zero-order valence-electron chi connectivity index (χ0n) is 17.3. The molecule has 0 aliphatic carbocycles. The van der Waals surface area contributed by atoms with Crippen molar-refractivity contribution < 1.29 is 19.1 Å². The van der Waals surface area contributed by atoms with Gasteiger partial charge >= 0.3 is 11.9 Å². The van der Waals surface area contributed by atoms with Gasteiger partial charge in [0.2, 0.25) is 0 Å². The Bertz CT molecular complexity index is 919. The number of rotatable bonds is 10. The molecule has 0 saturated heterocycles. The first-order valence-electron chi connectivity index (χ1n) is 9.90. The van der Waals surface area contributed by atoms with Crippen molar-refractivity contribution in [2.75, 3.05) is 13.2 Å². The maximum Gasteiger partial charge on any atom is 0.338 e. The van der Waals surface area contributed by atoms with E-state index in [2.05, 4.69) is 0 Å². The Hall–Kier alpha value is -2.78. The average molecular weight is 469 g/mol. The van der Waals surface area contributed by atoms with Gasteiger partial charge in [-0.2, -0.15) is 0 Å². The van der Waals surface area contributed by atoms with Gasteiger partial charge in [-0.05, 0) is 48.5 Å². The van der Waals surface area contributed by atoms with Crippen molar-refractivity contribution in [1.82, 2.24) is 0 Å². The molecule has 3 aromatic carbocycles. The van der Waals surface area contributed by atoms with Crippen LogP contribution in [0.2, 0.25) is 0 Å². The molecule has 0 bridgehead atoms. The van der Waals surface area contributed by atoms with E-state index in [4.69, 9.17) is 20.9 Å². The van der Waals surface area contributed by atoms with E-state index in [1.165, 1.54) is 47.8 Å². The molecule has 0 spiro atoms. The first-order valence-corrected chi connectivity index (χ1v) is 11.7. The Morgan fingerprint density at radius 1 is 0.625 bits per heavy atom. The summed E-state index contributed by atoms with van der Waals surface area (Å²) in [7, 11) is 0. The maximum atomic E-state index is 12.2. The first kappa shape index (κ1) is 23.9. The van der Waals surface area contributed by atoms with Crippen molar-refractivity contribution in [2.45, 2.75) is 20.5 Å². The van der Waals surface area contributed by atoms with Crippen LogP contribution in [0.3, 0.4) is 0 Å². The van der Waals surface area contributed by atoms with Crippen molar-refractivity contribution in [3.05, 3.63) is 96.1 Å². The first-order chi connectivity index (χ1) is 15.5. The summed E-state index contributed by atoms with van der Waals surface area (Å²) >= 11 is 2.85.